The average Bonchev–Trinajstić information content (AvgIpc) is 2.84. The topological polar surface area (TPSA) is 38.7 Å². The van der Waals surface area contributed by atoms with Crippen LogP contribution in [0.1, 0.15) is 32.1 Å². The Bertz CT molecular complexity index is 266. The first-order valence-corrected chi connectivity index (χ1v) is 7.30. The fourth-order valence-electron chi connectivity index (χ4n) is 3.60. The highest BCUT2D eigenvalue weighted by Gasteiger charge is 2.40. The molecule has 4 heteroatoms. The Morgan fingerprint density at radius 2 is 2.17 bits per heavy atom. The van der Waals surface area contributed by atoms with E-state index >= 15 is 0 Å². The molecule has 1 saturated carbocycles. The third kappa shape index (κ3) is 2.87. The molecule has 0 aromatic rings. The van der Waals surface area contributed by atoms with E-state index in [1.165, 1.54) is 32.4 Å². The van der Waals surface area contributed by atoms with Crippen LogP contribution in [0.15, 0.2) is 0 Å². The van der Waals surface area contributed by atoms with E-state index in [1.54, 1.807) is 0 Å². The molecular formula is C14H29N3O. The number of hydrogen-bond donors (Lipinski definition) is 2. The summed E-state index contributed by atoms with van der Waals surface area (Å²) in [5, 5.41) is 12.9. The first-order chi connectivity index (χ1) is 8.60. The molecule has 2 fully saturated rings. The third-order valence-corrected chi connectivity index (χ3v) is 5.09. The van der Waals surface area contributed by atoms with Gasteiger partial charge in [0.05, 0.1) is 6.61 Å². The van der Waals surface area contributed by atoms with Crippen molar-refractivity contribution in [2.75, 3.05) is 40.8 Å². The van der Waals surface area contributed by atoms with Crippen LogP contribution in [-0.2, 0) is 0 Å². The quantitative estimate of drug-likeness (QED) is 0.768. The lowest BCUT2D eigenvalue weighted by Gasteiger charge is -2.40. The number of nitrogens with zero attached hydrogens (tertiary/aromatic N) is 2. The van der Waals surface area contributed by atoms with Crippen LogP contribution in [0.5, 0.6) is 0 Å². The van der Waals surface area contributed by atoms with Gasteiger partial charge in [0, 0.05) is 24.2 Å². The lowest BCUT2D eigenvalue weighted by atomic mass is 9.97. The van der Waals surface area contributed by atoms with Crippen LogP contribution in [-0.4, -0.2) is 73.4 Å². The summed E-state index contributed by atoms with van der Waals surface area (Å²) < 4.78 is 0. The standard InChI is InChI=1S/C14H29N3O/c1-15-14(11-18)7-6-12(9-14)17-8-4-5-13(10-17)16(2)3/h12-13,15,18H,4-11H2,1-3H3. The van der Waals surface area contributed by atoms with Crippen molar-refractivity contribution in [2.45, 2.75) is 49.7 Å². The van der Waals surface area contributed by atoms with Crippen molar-refractivity contribution >= 4 is 0 Å². The predicted octanol–water partition coefficient (Wildman–Crippen LogP) is 0.515. The number of piperidine rings is 1. The van der Waals surface area contributed by atoms with Crippen LogP contribution in [0.2, 0.25) is 0 Å². The summed E-state index contributed by atoms with van der Waals surface area (Å²) in [6, 6.07) is 1.37. The van der Waals surface area contributed by atoms with Crippen LogP contribution in [0.25, 0.3) is 0 Å². The number of aliphatic hydroxyl groups excluding tert-OH is 1. The maximum Gasteiger partial charge on any atom is 0.0613 e. The fraction of sp³-hybridized carbons (Fsp3) is 1.00. The van der Waals surface area contributed by atoms with Crippen LogP contribution in [0.4, 0.5) is 0 Å². The van der Waals surface area contributed by atoms with Crippen molar-refractivity contribution in [3.05, 3.63) is 0 Å². The van der Waals surface area contributed by atoms with Crippen molar-refractivity contribution in [3.63, 3.8) is 0 Å². The summed E-state index contributed by atoms with van der Waals surface area (Å²) in [6.07, 6.45) is 6.06. The Balaban J connectivity index is 1.93. The Morgan fingerprint density at radius 3 is 2.72 bits per heavy atom. The molecule has 2 N–H and O–H groups in total. The van der Waals surface area contributed by atoms with E-state index in [9.17, 15) is 5.11 Å². The van der Waals surface area contributed by atoms with E-state index in [1.807, 2.05) is 7.05 Å². The van der Waals surface area contributed by atoms with Crippen molar-refractivity contribution in [3.8, 4) is 0 Å². The number of hydrogen-bond acceptors (Lipinski definition) is 4. The zero-order valence-electron chi connectivity index (χ0n) is 12.2. The van der Waals surface area contributed by atoms with Crippen molar-refractivity contribution < 1.29 is 5.11 Å². The van der Waals surface area contributed by atoms with E-state index in [-0.39, 0.29) is 12.1 Å². The van der Waals surface area contributed by atoms with Gasteiger partial charge in [-0.15, -0.1) is 0 Å². The molecule has 1 saturated heterocycles. The molecule has 0 aromatic heterocycles. The maximum absolute atomic E-state index is 9.58. The zero-order valence-corrected chi connectivity index (χ0v) is 12.2. The summed E-state index contributed by atoms with van der Waals surface area (Å²) in [7, 11) is 6.36. The summed E-state index contributed by atoms with van der Waals surface area (Å²) in [6.45, 7) is 2.70. The minimum Gasteiger partial charge on any atom is -0.394 e. The lowest BCUT2D eigenvalue weighted by molar-refractivity contribution is 0.0890. The molecular weight excluding hydrogens is 226 g/mol. The van der Waals surface area contributed by atoms with Gasteiger partial charge in [-0.2, -0.15) is 0 Å². The van der Waals surface area contributed by atoms with Gasteiger partial charge in [-0.05, 0) is 59.8 Å². The van der Waals surface area contributed by atoms with Gasteiger partial charge >= 0.3 is 0 Å². The highest BCUT2D eigenvalue weighted by Crippen LogP contribution is 2.34. The van der Waals surface area contributed by atoms with E-state index in [2.05, 4.69) is 29.2 Å². The molecule has 18 heavy (non-hydrogen) atoms. The van der Waals surface area contributed by atoms with E-state index < -0.39 is 0 Å². The van der Waals surface area contributed by atoms with Crippen LogP contribution in [0, 0.1) is 0 Å². The van der Waals surface area contributed by atoms with Gasteiger partial charge in [0.25, 0.3) is 0 Å². The molecule has 1 aliphatic heterocycles. The Kier molecular flexibility index (Phi) is 4.64. The lowest BCUT2D eigenvalue weighted by Crippen LogP contribution is -2.50. The van der Waals surface area contributed by atoms with E-state index in [0.717, 1.165) is 12.8 Å². The van der Waals surface area contributed by atoms with Gasteiger partial charge in [0.15, 0.2) is 0 Å². The van der Waals surface area contributed by atoms with Crippen molar-refractivity contribution in [1.29, 1.82) is 0 Å². The highest BCUT2D eigenvalue weighted by molar-refractivity contribution is 4.99. The molecule has 3 atom stereocenters. The van der Waals surface area contributed by atoms with Gasteiger partial charge in [0.1, 0.15) is 0 Å². The molecule has 0 bridgehead atoms. The largest absolute Gasteiger partial charge is 0.394 e. The van der Waals surface area contributed by atoms with Gasteiger partial charge in [-0.3, -0.25) is 4.90 Å². The number of likely N-dealkylation sites (tertiary alicyclic amines) is 1. The minimum absolute atomic E-state index is 0.0181. The first-order valence-electron chi connectivity index (χ1n) is 7.30. The molecule has 0 amide bonds. The zero-order chi connectivity index (χ0) is 13.2. The monoisotopic (exact) mass is 255 g/mol. The summed E-state index contributed by atoms with van der Waals surface area (Å²) in [5.74, 6) is 0. The molecule has 0 spiro atoms. The smallest absolute Gasteiger partial charge is 0.0613 e. The molecule has 2 rings (SSSR count). The number of rotatable bonds is 4. The third-order valence-electron chi connectivity index (χ3n) is 5.09. The molecule has 1 heterocycles. The van der Waals surface area contributed by atoms with Crippen LogP contribution in [0.3, 0.4) is 0 Å². The molecule has 0 aromatic carbocycles. The van der Waals surface area contributed by atoms with Crippen molar-refractivity contribution in [2.24, 2.45) is 0 Å². The van der Waals surface area contributed by atoms with Gasteiger partial charge in [0.2, 0.25) is 0 Å². The molecule has 1 aliphatic carbocycles. The molecule has 0 radical (unpaired) electrons. The summed E-state index contributed by atoms with van der Waals surface area (Å²) in [4.78, 5) is 5.02. The highest BCUT2D eigenvalue weighted by atomic mass is 16.3. The SMILES string of the molecule is CNC1(CO)CCC(N2CCCC(N(C)C)C2)C1. The van der Waals surface area contributed by atoms with Crippen molar-refractivity contribution in [1.82, 2.24) is 15.1 Å². The minimum atomic E-state index is -0.0181. The van der Waals surface area contributed by atoms with Gasteiger partial charge < -0.3 is 15.3 Å². The van der Waals surface area contributed by atoms with Crippen LogP contribution < -0.4 is 5.32 Å². The second kappa shape index (κ2) is 5.87. The first kappa shape index (κ1) is 14.3. The molecule has 2 aliphatic rings. The number of aliphatic hydroxyl groups is 1. The Morgan fingerprint density at radius 1 is 1.39 bits per heavy atom. The second-order valence-electron chi connectivity index (χ2n) is 6.34. The van der Waals surface area contributed by atoms with Crippen LogP contribution >= 0.6 is 0 Å². The average molecular weight is 255 g/mol. The normalized spacial score (nSPS) is 38.5. The number of likely N-dealkylation sites (N-methyl/N-ethyl adjacent to an activating group) is 2. The molecule has 4 nitrogen and oxygen atoms in total. The van der Waals surface area contributed by atoms with E-state index in [0.29, 0.717) is 12.1 Å². The second-order valence-corrected chi connectivity index (χ2v) is 6.34. The molecule has 3 unspecified atom stereocenters. The Hall–Kier alpha value is -0.160. The van der Waals surface area contributed by atoms with E-state index in [4.69, 9.17) is 0 Å². The van der Waals surface area contributed by atoms with Gasteiger partial charge in [-0.1, -0.05) is 0 Å². The molecule has 106 valence electrons. The maximum atomic E-state index is 9.58. The summed E-state index contributed by atoms with van der Waals surface area (Å²) in [5.41, 5.74) is -0.0181. The Labute approximate surface area is 111 Å². The predicted molar refractivity (Wildman–Crippen MR) is 74.8 cm³/mol. The summed E-state index contributed by atoms with van der Waals surface area (Å²) >= 11 is 0. The fourth-order valence-corrected chi connectivity index (χ4v) is 3.60. The van der Waals surface area contributed by atoms with Gasteiger partial charge in [-0.25, -0.2) is 0 Å². The number of nitrogens with one attached hydrogen (secondary N) is 1.